The summed E-state index contributed by atoms with van der Waals surface area (Å²) < 4.78 is 19.6. The van der Waals surface area contributed by atoms with Crippen LogP contribution in [0.5, 0.6) is 17.2 Å². The van der Waals surface area contributed by atoms with E-state index >= 15 is 0 Å². The molecule has 0 spiro atoms. The summed E-state index contributed by atoms with van der Waals surface area (Å²) in [4.78, 5) is 18.8. The number of hydrogen-bond acceptors (Lipinski definition) is 7. The fourth-order valence-electron chi connectivity index (χ4n) is 5.03. The lowest BCUT2D eigenvalue weighted by molar-refractivity contribution is 0.284. The quantitative estimate of drug-likeness (QED) is 0.140. The Balaban J connectivity index is 1.59. The monoisotopic (exact) mass is 664 g/mol. The molecule has 0 N–H and O–H groups in total. The Kier molecular flexibility index (Phi) is 9.65. The molecule has 0 bridgehead atoms. The molecular formula is C36H33BrN4O4. The number of nitriles is 1. The van der Waals surface area contributed by atoms with E-state index in [1.807, 2.05) is 62.4 Å². The maximum absolute atomic E-state index is 13.9. The fourth-order valence-corrected chi connectivity index (χ4v) is 5.45. The molecule has 5 rings (SSSR count). The van der Waals surface area contributed by atoms with E-state index in [4.69, 9.17) is 19.2 Å². The van der Waals surface area contributed by atoms with E-state index in [1.54, 1.807) is 37.6 Å². The molecule has 0 saturated carbocycles. The summed E-state index contributed by atoms with van der Waals surface area (Å²) in [5.41, 5.74) is 5.01. The molecule has 5 aromatic rings. The second kappa shape index (κ2) is 13.8. The number of ether oxygens (including phenoxy) is 3. The first kappa shape index (κ1) is 31.5. The van der Waals surface area contributed by atoms with Gasteiger partial charge >= 0.3 is 0 Å². The predicted molar refractivity (Wildman–Crippen MR) is 181 cm³/mol. The first-order chi connectivity index (χ1) is 21.7. The smallest absolute Gasteiger partial charge is 0.282 e. The average Bonchev–Trinajstić information content (AvgIpc) is 3.04. The number of aryl methyl sites for hydroxylation is 1. The van der Waals surface area contributed by atoms with Gasteiger partial charge < -0.3 is 14.2 Å². The molecule has 0 saturated heterocycles. The van der Waals surface area contributed by atoms with Crippen LogP contribution in [-0.2, 0) is 6.61 Å². The minimum Gasteiger partial charge on any atom is -0.494 e. The number of hydrogen-bond donors (Lipinski definition) is 0. The Morgan fingerprint density at radius 2 is 1.78 bits per heavy atom. The summed E-state index contributed by atoms with van der Waals surface area (Å²) in [6, 6.07) is 24.3. The van der Waals surface area contributed by atoms with Crippen molar-refractivity contribution >= 4 is 33.0 Å². The minimum absolute atomic E-state index is 0.188. The number of rotatable bonds is 10. The summed E-state index contributed by atoms with van der Waals surface area (Å²) in [7, 11) is 1.55. The Hall–Kier alpha value is -4.94. The highest BCUT2D eigenvalue weighted by Gasteiger charge is 2.19. The normalized spacial score (nSPS) is 11.2. The second-order valence-corrected chi connectivity index (χ2v) is 11.5. The fraction of sp³-hybridized carbons (Fsp3) is 0.222. The number of halogens is 1. The molecule has 0 unspecified atom stereocenters. The SMILES string of the molecule is CCOc1cc(C)c(-c2nc3ccccc3c(=O)n2N=Cc2cc(OC)c(OCc3ccccc3C#N)cc2Br)cc1C(C)C. The van der Waals surface area contributed by atoms with Gasteiger partial charge in [0, 0.05) is 21.2 Å². The molecule has 0 aliphatic rings. The van der Waals surface area contributed by atoms with Crippen LogP contribution in [0.3, 0.4) is 0 Å². The standard InChI is InChI=1S/C36H33BrN4O4/c1-6-44-32-15-23(4)29(17-28(32)22(2)3)35-40-31-14-10-9-13-27(31)36(42)41(35)39-20-26-16-33(43-5)34(18-30(26)37)45-21-25-12-8-7-11-24(25)19-38/h7-18,20,22H,6,21H2,1-5H3. The van der Waals surface area contributed by atoms with Crippen LogP contribution in [0.1, 0.15) is 54.5 Å². The molecule has 45 heavy (non-hydrogen) atoms. The zero-order valence-electron chi connectivity index (χ0n) is 25.8. The lowest BCUT2D eigenvalue weighted by atomic mass is 9.96. The van der Waals surface area contributed by atoms with Crippen molar-refractivity contribution in [1.82, 2.24) is 9.66 Å². The summed E-state index contributed by atoms with van der Waals surface area (Å²) in [6.07, 6.45) is 1.59. The first-order valence-corrected chi connectivity index (χ1v) is 15.4. The van der Waals surface area contributed by atoms with Gasteiger partial charge in [-0.25, -0.2) is 4.98 Å². The minimum atomic E-state index is -0.287. The van der Waals surface area contributed by atoms with Gasteiger partial charge in [0.15, 0.2) is 17.3 Å². The summed E-state index contributed by atoms with van der Waals surface area (Å²) in [5.74, 6) is 2.40. The lowest BCUT2D eigenvalue weighted by Gasteiger charge is -2.18. The highest BCUT2D eigenvalue weighted by molar-refractivity contribution is 9.10. The van der Waals surface area contributed by atoms with E-state index in [-0.39, 0.29) is 18.1 Å². The third kappa shape index (κ3) is 6.61. The van der Waals surface area contributed by atoms with Crippen molar-refractivity contribution in [3.63, 3.8) is 0 Å². The number of para-hydroxylation sites is 1. The molecule has 0 aliphatic heterocycles. The molecule has 1 aromatic heterocycles. The van der Waals surface area contributed by atoms with Crippen molar-refractivity contribution in [2.45, 2.75) is 40.2 Å². The van der Waals surface area contributed by atoms with Crippen LogP contribution in [0, 0.1) is 18.3 Å². The number of benzene rings is 4. The van der Waals surface area contributed by atoms with Gasteiger partial charge in [0.1, 0.15) is 12.4 Å². The van der Waals surface area contributed by atoms with Gasteiger partial charge in [0.25, 0.3) is 5.56 Å². The lowest BCUT2D eigenvalue weighted by Crippen LogP contribution is -2.21. The third-order valence-electron chi connectivity index (χ3n) is 7.39. The van der Waals surface area contributed by atoms with Gasteiger partial charge in [-0.15, -0.1) is 0 Å². The van der Waals surface area contributed by atoms with Gasteiger partial charge in [-0.1, -0.05) is 44.2 Å². The maximum atomic E-state index is 13.9. The van der Waals surface area contributed by atoms with E-state index < -0.39 is 0 Å². The molecule has 0 radical (unpaired) electrons. The third-order valence-corrected chi connectivity index (χ3v) is 8.08. The van der Waals surface area contributed by atoms with Crippen molar-refractivity contribution in [1.29, 1.82) is 5.26 Å². The number of methoxy groups -OCH3 is 1. The van der Waals surface area contributed by atoms with Crippen molar-refractivity contribution < 1.29 is 14.2 Å². The molecule has 8 nitrogen and oxygen atoms in total. The van der Waals surface area contributed by atoms with Crippen LogP contribution in [0.4, 0.5) is 0 Å². The van der Waals surface area contributed by atoms with E-state index in [0.717, 1.165) is 28.0 Å². The number of fused-ring (bicyclic) bond motifs is 1. The summed E-state index contributed by atoms with van der Waals surface area (Å²) in [5, 5.41) is 14.6. The van der Waals surface area contributed by atoms with Crippen LogP contribution >= 0.6 is 15.9 Å². The van der Waals surface area contributed by atoms with Crippen molar-refractivity contribution in [2.75, 3.05) is 13.7 Å². The Morgan fingerprint density at radius 3 is 2.51 bits per heavy atom. The second-order valence-electron chi connectivity index (χ2n) is 10.7. The zero-order chi connectivity index (χ0) is 32.1. The molecule has 1 heterocycles. The topological polar surface area (TPSA) is 98.7 Å². The molecule has 0 fully saturated rings. The highest BCUT2D eigenvalue weighted by atomic mass is 79.9. The molecule has 228 valence electrons. The number of aromatic nitrogens is 2. The van der Waals surface area contributed by atoms with Crippen LogP contribution in [-0.4, -0.2) is 29.6 Å². The van der Waals surface area contributed by atoms with Gasteiger partial charge in [-0.05, 0) is 89.3 Å². The van der Waals surface area contributed by atoms with Crippen LogP contribution in [0.2, 0.25) is 0 Å². The molecule has 9 heteroatoms. The predicted octanol–water partition coefficient (Wildman–Crippen LogP) is 8.00. The van der Waals surface area contributed by atoms with E-state index in [1.165, 1.54) is 4.68 Å². The molecular weight excluding hydrogens is 632 g/mol. The van der Waals surface area contributed by atoms with Gasteiger partial charge in [0.2, 0.25) is 0 Å². The Labute approximate surface area is 270 Å². The average molecular weight is 666 g/mol. The van der Waals surface area contributed by atoms with E-state index in [2.05, 4.69) is 40.9 Å². The Morgan fingerprint density at radius 1 is 1.02 bits per heavy atom. The first-order valence-electron chi connectivity index (χ1n) is 14.6. The zero-order valence-corrected chi connectivity index (χ0v) is 27.4. The number of nitrogens with zero attached hydrogens (tertiary/aromatic N) is 4. The van der Waals surface area contributed by atoms with E-state index in [9.17, 15) is 10.1 Å². The van der Waals surface area contributed by atoms with Crippen molar-refractivity contribution in [3.8, 4) is 34.7 Å². The maximum Gasteiger partial charge on any atom is 0.282 e. The van der Waals surface area contributed by atoms with Gasteiger partial charge in [0.05, 0.1) is 42.5 Å². The van der Waals surface area contributed by atoms with Crippen molar-refractivity contribution in [3.05, 3.63) is 115 Å². The molecule has 0 aliphatic carbocycles. The summed E-state index contributed by atoms with van der Waals surface area (Å²) in [6.45, 7) is 8.91. The largest absolute Gasteiger partial charge is 0.494 e. The highest BCUT2D eigenvalue weighted by Crippen LogP contribution is 2.35. The summed E-state index contributed by atoms with van der Waals surface area (Å²) >= 11 is 3.62. The van der Waals surface area contributed by atoms with Crippen LogP contribution in [0.15, 0.2) is 87.2 Å². The van der Waals surface area contributed by atoms with Crippen LogP contribution in [0.25, 0.3) is 22.3 Å². The van der Waals surface area contributed by atoms with Crippen molar-refractivity contribution in [2.24, 2.45) is 5.10 Å². The van der Waals surface area contributed by atoms with Crippen LogP contribution < -0.4 is 19.8 Å². The molecule has 0 amide bonds. The molecule has 4 aromatic carbocycles. The Bertz CT molecular complexity index is 2010. The van der Waals surface area contributed by atoms with E-state index in [0.29, 0.717) is 50.4 Å². The molecule has 0 atom stereocenters. The van der Waals surface area contributed by atoms with Gasteiger partial charge in [-0.2, -0.15) is 15.0 Å². The van der Waals surface area contributed by atoms with Gasteiger partial charge in [-0.3, -0.25) is 4.79 Å².